The zero-order chi connectivity index (χ0) is 22.9. The fourth-order valence-corrected chi connectivity index (χ4v) is 3.16. The highest BCUT2D eigenvalue weighted by molar-refractivity contribution is 5.83. The van der Waals surface area contributed by atoms with Gasteiger partial charge in [-0.25, -0.2) is 4.79 Å². The smallest absolute Gasteiger partial charge is 0.331 e. The van der Waals surface area contributed by atoms with Crippen molar-refractivity contribution in [3.8, 4) is 0 Å². The molecule has 5 heteroatoms. The van der Waals surface area contributed by atoms with Crippen LogP contribution in [0.25, 0.3) is 0 Å². The van der Waals surface area contributed by atoms with Crippen LogP contribution in [0.1, 0.15) is 60.8 Å². The normalized spacial score (nSPS) is 33.3. The number of hydrogen-bond acceptors (Lipinski definition) is 5. The number of carbonyl (C=O) groups excluding carboxylic acids is 1. The van der Waals surface area contributed by atoms with Crippen molar-refractivity contribution in [1.82, 2.24) is 0 Å². The van der Waals surface area contributed by atoms with Crippen LogP contribution in [0.15, 0.2) is 59.3 Å². The molecule has 4 atom stereocenters. The Bertz CT molecular complexity index is 731. The molecule has 3 N–H and O–H groups in total. The van der Waals surface area contributed by atoms with Gasteiger partial charge in [-0.05, 0) is 70.9 Å². The van der Waals surface area contributed by atoms with Crippen molar-refractivity contribution >= 4 is 5.97 Å². The third-order valence-electron chi connectivity index (χ3n) is 5.18. The molecule has 0 aromatic heterocycles. The summed E-state index contributed by atoms with van der Waals surface area (Å²) in [6, 6.07) is 0. The average Bonchev–Trinajstić information content (AvgIpc) is 2.63. The molecule has 1 aliphatic carbocycles. The summed E-state index contributed by atoms with van der Waals surface area (Å²) in [5.74, 6) is -0.533. The topological polar surface area (TPSA) is 87.0 Å². The molecular formula is C25H38O5. The first-order chi connectivity index (χ1) is 13.9. The van der Waals surface area contributed by atoms with Crippen LogP contribution >= 0.6 is 0 Å². The fourth-order valence-electron chi connectivity index (χ4n) is 3.16. The van der Waals surface area contributed by atoms with Gasteiger partial charge < -0.3 is 20.1 Å². The summed E-state index contributed by atoms with van der Waals surface area (Å²) >= 11 is 0. The summed E-state index contributed by atoms with van der Waals surface area (Å²) in [6.07, 6.45) is 12.3. The standard InChI is InChI=1S/C25H38O5/c1-18(2)8-7-12-24(5)13-9-20(17-26)21(27)10-15-25(6,29)22(11-14-24)30-23(28)16-19(3)4/h8-11,14-16,21-22,26-27,29H,7,12-13,17H2,1-6H3/b14-11+,15-10+,20-9-/t21-,22+,24-,25+/m0/s1. The molecule has 1 aliphatic rings. The summed E-state index contributed by atoms with van der Waals surface area (Å²) in [5.41, 5.74) is 0.669. The van der Waals surface area contributed by atoms with Crippen molar-refractivity contribution in [3.05, 3.63) is 59.3 Å². The number of allylic oxidation sites excluding steroid dienone is 5. The Hall–Kier alpha value is -1.95. The highest BCUT2D eigenvalue weighted by Crippen LogP contribution is 2.33. The largest absolute Gasteiger partial charge is 0.452 e. The Morgan fingerprint density at radius 1 is 1.17 bits per heavy atom. The molecule has 5 nitrogen and oxygen atoms in total. The number of carbonyl (C=O) groups is 1. The van der Waals surface area contributed by atoms with Crippen LogP contribution in [0.3, 0.4) is 0 Å². The minimum absolute atomic E-state index is 0.277. The lowest BCUT2D eigenvalue weighted by Gasteiger charge is -2.30. The maximum absolute atomic E-state index is 12.2. The number of ether oxygens (including phenoxy) is 1. The van der Waals surface area contributed by atoms with Gasteiger partial charge in [-0.15, -0.1) is 0 Å². The number of rotatable bonds is 6. The first-order valence-electron chi connectivity index (χ1n) is 10.5. The molecule has 0 fully saturated rings. The van der Waals surface area contributed by atoms with E-state index in [1.165, 1.54) is 30.7 Å². The monoisotopic (exact) mass is 418 g/mol. The van der Waals surface area contributed by atoms with Gasteiger partial charge in [0.25, 0.3) is 0 Å². The summed E-state index contributed by atoms with van der Waals surface area (Å²) in [6.45, 7) is 11.0. The zero-order valence-corrected chi connectivity index (χ0v) is 19.2. The predicted molar refractivity (Wildman–Crippen MR) is 121 cm³/mol. The van der Waals surface area contributed by atoms with Gasteiger partial charge in [-0.2, -0.15) is 0 Å². The number of hydrogen-bond donors (Lipinski definition) is 3. The highest BCUT2D eigenvalue weighted by atomic mass is 16.6. The second kappa shape index (κ2) is 11.4. The van der Waals surface area contributed by atoms with E-state index >= 15 is 0 Å². The molecule has 0 aromatic rings. The van der Waals surface area contributed by atoms with Crippen molar-refractivity contribution in [2.45, 2.75) is 78.6 Å². The van der Waals surface area contributed by atoms with Gasteiger partial charge in [-0.1, -0.05) is 48.5 Å². The van der Waals surface area contributed by atoms with Gasteiger partial charge >= 0.3 is 5.97 Å². The van der Waals surface area contributed by atoms with E-state index in [2.05, 4.69) is 26.8 Å². The van der Waals surface area contributed by atoms with Gasteiger partial charge in [0, 0.05) is 6.08 Å². The molecule has 0 radical (unpaired) electrons. The molecule has 0 heterocycles. The van der Waals surface area contributed by atoms with E-state index in [0.29, 0.717) is 12.0 Å². The zero-order valence-electron chi connectivity index (χ0n) is 19.2. The molecule has 168 valence electrons. The summed E-state index contributed by atoms with van der Waals surface area (Å²) in [5, 5.41) is 31.1. The van der Waals surface area contributed by atoms with E-state index in [9.17, 15) is 20.1 Å². The Morgan fingerprint density at radius 2 is 1.83 bits per heavy atom. The average molecular weight is 419 g/mol. The molecule has 1 rings (SSSR count). The van der Waals surface area contributed by atoms with Crippen molar-refractivity contribution < 1.29 is 24.9 Å². The van der Waals surface area contributed by atoms with E-state index in [1.807, 2.05) is 12.2 Å². The van der Waals surface area contributed by atoms with Crippen LogP contribution in [-0.4, -0.2) is 45.7 Å². The van der Waals surface area contributed by atoms with Gasteiger partial charge in [0.05, 0.1) is 12.7 Å². The number of aliphatic hydroxyl groups is 3. The SMILES string of the molecule is CC(C)=CCC[C@]1(C)/C=C/[C@@H](OC(=O)C=C(C)C)[C@](C)(O)/C=C/[C@H](O)/C(CO)=C\C1. The van der Waals surface area contributed by atoms with Crippen LogP contribution in [0.5, 0.6) is 0 Å². The van der Waals surface area contributed by atoms with Gasteiger partial charge in [0.2, 0.25) is 0 Å². The van der Waals surface area contributed by atoms with Crippen molar-refractivity contribution in [1.29, 1.82) is 0 Å². The first kappa shape index (κ1) is 26.1. The Morgan fingerprint density at radius 3 is 2.40 bits per heavy atom. The van der Waals surface area contributed by atoms with Crippen LogP contribution in [0, 0.1) is 5.41 Å². The van der Waals surface area contributed by atoms with Crippen LogP contribution in [0.2, 0.25) is 0 Å². The quantitative estimate of drug-likeness (QED) is 0.342. The summed E-state index contributed by atoms with van der Waals surface area (Å²) < 4.78 is 5.55. The minimum atomic E-state index is -1.53. The second-order valence-corrected chi connectivity index (χ2v) is 9.08. The summed E-state index contributed by atoms with van der Waals surface area (Å²) in [4.78, 5) is 12.2. The van der Waals surface area contributed by atoms with Crippen molar-refractivity contribution in [2.24, 2.45) is 5.41 Å². The van der Waals surface area contributed by atoms with Crippen molar-refractivity contribution in [3.63, 3.8) is 0 Å². The van der Waals surface area contributed by atoms with E-state index in [0.717, 1.165) is 18.4 Å². The lowest BCUT2D eigenvalue weighted by molar-refractivity contribution is -0.148. The molecule has 0 aromatic carbocycles. The molecule has 0 unspecified atom stereocenters. The van der Waals surface area contributed by atoms with Gasteiger partial charge in [0.1, 0.15) is 5.60 Å². The van der Waals surface area contributed by atoms with E-state index in [4.69, 9.17) is 4.74 Å². The van der Waals surface area contributed by atoms with Crippen molar-refractivity contribution in [2.75, 3.05) is 6.61 Å². The summed E-state index contributed by atoms with van der Waals surface area (Å²) in [7, 11) is 0. The minimum Gasteiger partial charge on any atom is -0.452 e. The first-order valence-corrected chi connectivity index (χ1v) is 10.5. The molecular weight excluding hydrogens is 380 g/mol. The Labute approximate surface area is 181 Å². The molecule has 0 saturated heterocycles. The molecule has 0 aliphatic heterocycles. The van der Waals surface area contributed by atoms with Crippen LogP contribution in [-0.2, 0) is 9.53 Å². The lowest BCUT2D eigenvalue weighted by Crippen LogP contribution is -2.39. The van der Waals surface area contributed by atoms with E-state index < -0.39 is 23.8 Å². The molecule has 30 heavy (non-hydrogen) atoms. The second-order valence-electron chi connectivity index (χ2n) is 9.08. The van der Waals surface area contributed by atoms with Crippen LogP contribution < -0.4 is 0 Å². The van der Waals surface area contributed by atoms with E-state index in [-0.39, 0.29) is 12.0 Å². The van der Waals surface area contributed by atoms with Gasteiger partial charge in [0.15, 0.2) is 6.10 Å². The molecule has 0 saturated carbocycles. The highest BCUT2D eigenvalue weighted by Gasteiger charge is 2.32. The Kier molecular flexibility index (Phi) is 9.95. The predicted octanol–water partition coefficient (Wildman–Crippen LogP) is 4.16. The Balaban J connectivity index is 3.36. The maximum atomic E-state index is 12.2. The molecule has 0 spiro atoms. The maximum Gasteiger partial charge on any atom is 0.331 e. The molecule has 0 bridgehead atoms. The van der Waals surface area contributed by atoms with Crippen LogP contribution in [0.4, 0.5) is 0 Å². The molecule has 0 amide bonds. The third kappa shape index (κ3) is 8.82. The number of aliphatic hydroxyl groups excluding tert-OH is 2. The van der Waals surface area contributed by atoms with Gasteiger partial charge in [-0.3, -0.25) is 0 Å². The lowest BCUT2D eigenvalue weighted by atomic mass is 9.80. The van der Waals surface area contributed by atoms with E-state index in [1.54, 1.807) is 19.9 Å². The third-order valence-corrected chi connectivity index (χ3v) is 5.18. The fraction of sp³-hybridized carbons (Fsp3) is 0.560. The number of esters is 1.